The summed E-state index contributed by atoms with van der Waals surface area (Å²) in [5, 5.41) is 9.90. The number of pyridine rings is 1. The Labute approximate surface area is 115 Å². The number of nitrogens with zero attached hydrogens (tertiary/aromatic N) is 3. The Balaban J connectivity index is 1.98. The first-order valence-corrected chi connectivity index (χ1v) is 6.19. The quantitative estimate of drug-likeness (QED) is 0.681. The van der Waals surface area contributed by atoms with Crippen LogP contribution in [0, 0.1) is 11.3 Å². The molecular weight excluding hydrogens is 250 g/mol. The molecule has 0 fully saturated rings. The van der Waals surface area contributed by atoms with Gasteiger partial charge in [0, 0.05) is 35.4 Å². The van der Waals surface area contributed by atoms with Gasteiger partial charge in [0.1, 0.15) is 18.0 Å². The zero-order valence-electron chi connectivity index (χ0n) is 10.7. The molecule has 0 N–H and O–H groups in total. The summed E-state index contributed by atoms with van der Waals surface area (Å²) in [6, 6.07) is 13.3. The van der Waals surface area contributed by atoms with Crippen LogP contribution in [0.1, 0.15) is 21.6 Å². The lowest BCUT2D eigenvalue weighted by molar-refractivity contribution is 0.112. The molecule has 0 aliphatic carbocycles. The average molecular weight is 261 g/mol. The van der Waals surface area contributed by atoms with Gasteiger partial charge in [-0.3, -0.25) is 4.79 Å². The molecule has 2 heterocycles. The molecule has 1 aromatic carbocycles. The van der Waals surface area contributed by atoms with Crippen molar-refractivity contribution in [3.05, 3.63) is 65.6 Å². The van der Waals surface area contributed by atoms with Gasteiger partial charge in [0.15, 0.2) is 0 Å². The number of aromatic nitrogens is 2. The van der Waals surface area contributed by atoms with Gasteiger partial charge in [-0.15, -0.1) is 0 Å². The molecule has 3 aromatic rings. The lowest BCUT2D eigenvalue weighted by Crippen LogP contribution is -1.99. The summed E-state index contributed by atoms with van der Waals surface area (Å²) >= 11 is 0. The normalized spacial score (nSPS) is 10.3. The van der Waals surface area contributed by atoms with Crippen LogP contribution in [0.2, 0.25) is 0 Å². The monoisotopic (exact) mass is 261 g/mol. The van der Waals surface area contributed by atoms with Crippen LogP contribution < -0.4 is 0 Å². The molecular formula is C16H11N3O. The van der Waals surface area contributed by atoms with Crippen molar-refractivity contribution < 1.29 is 4.79 Å². The Hall–Kier alpha value is -2.93. The Morgan fingerprint density at radius 2 is 2.15 bits per heavy atom. The molecule has 0 aliphatic rings. The second-order valence-corrected chi connectivity index (χ2v) is 4.54. The summed E-state index contributed by atoms with van der Waals surface area (Å²) in [6.45, 7) is 0.668. The van der Waals surface area contributed by atoms with E-state index in [1.165, 1.54) is 0 Å². The zero-order chi connectivity index (χ0) is 13.9. The number of hydrogen-bond donors (Lipinski definition) is 0. The van der Waals surface area contributed by atoms with E-state index < -0.39 is 0 Å². The number of carbonyl (C=O) groups excluding carboxylic acids is 1. The van der Waals surface area contributed by atoms with E-state index in [4.69, 9.17) is 5.26 Å². The van der Waals surface area contributed by atoms with Crippen LogP contribution in [-0.2, 0) is 6.54 Å². The first kappa shape index (κ1) is 12.1. The molecule has 96 valence electrons. The molecule has 0 saturated carbocycles. The molecule has 0 bridgehead atoms. The van der Waals surface area contributed by atoms with Crippen LogP contribution in [0.3, 0.4) is 0 Å². The maximum Gasteiger partial charge on any atom is 0.150 e. The second-order valence-electron chi connectivity index (χ2n) is 4.54. The number of aldehydes is 1. The number of benzene rings is 1. The highest BCUT2D eigenvalue weighted by atomic mass is 16.1. The fourth-order valence-corrected chi connectivity index (χ4v) is 2.26. The summed E-state index contributed by atoms with van der Waals surface area (Å²) in [7, 11) is 0. The minimum Gasteiger partial charge on any atom is -0.343 e. The van der Waals surface area contributed by atoms with Gasteiger partial charge in [0.25, 0.3) is 0 Å². The van der Waals surface area contributed by atoms with Crippen molar-refractivity contribution in [2.75, 3.05) is 0 Å². The highest BCUT2D eigenvalue weighted by Gasteiger charge is 2.04. The predicted octanol–water partition coefficient (Wildman–Crippen LogP) is 2.77. The van der Waals surface area contributed by atoms with Crippen LogP contribution in [0.4, 0.5) is 0 Å². The molecule has 0 unspecified atom stereocenters. The topological polar surface area (TPSA) is 58.7 Å². The van der Waals surface area contributed by atoms with Crippen molar-refractivity contribution in [1.82, 2.24) is 9.55 Å². The van der Waals surface area contributed by atoms with Crippen molar-refractivity contribution in [3.63, 3.8) is 0 Å². The number of carbonyl (C=O) groups is 1. The van der Waals surface area contributed by atoms with Crippen molar-refractivity contribution in [1.29, 1.82) is 5.26 Å². The molecule has 0 amide bonds. The SMILES string of the molecule is N#Cc1cc(Cn2ccc3cc(C=O)ccc32)ccn1. The molecule has 20 heavy (non-hydrogen) atoms. The van der Waals surface area contributed by atoms with Crippen LogP contribution >= 0.6 is 0 Å². The first-order chi connectivity index (χ1) is 9.80. The fourth-order valence-electron chi connectivity index (χ4n) is 2.26. The minimum absolute atomic E-state index is 0.419. The lowest BCUT2D eigenvalue weighted by atomic mass is 10.2. The van der Waals surface area contributed by atoms with Crippen molar-refractivity contribution in [2.24, 2.45) is 0 Å². The Morgan fingerprint density at radius 3 is 2.95 bits per heavy atom. The molecule has 3 rings (SSSR count). The number of rotatable bonds is 3. The fraction of sp³-hybridized carbons (Fsp3) is 0.0625. The molecule has 0 spiro atoms. The van der Waals surface area contributed by atoms with E-state index in [1.807, 2.05) is 36.5 Å². The van der Waals surface area contributed by atoms with Gasteiger partial charge in [-0.2, -0.15) is 5.26 Å². The van der Waals surface area contributed by atoms with Crippen molar-refractivity contribution >= 4 is 17.2 Å². The summed E-state index contributed by atoms with van der Waals surface area (Å²) in [5.74, 6) is 0. The molecule has 2 aromatic heterocycles. The summed E-state index contributed by atoms with van der Waals surface area (Å²) in [4.78, 5) is 14.7. The van der Waals surface area contributed by atoms with E-state index in [9.17, 15) is 4.79 Å². The number of hydrogen-bond acceptors (Lipinski definition) is 3. The maximum absolute atomic E-state index is 10.8. The molecule has 4 nitrogen and oxygen atoms in total. The van der Waals surface area contributed by atoms with Crippen LogP contribution in [0.15, 0.2) is 48.8 Å². The van der Waals surface area contributed by atoms with Gasteiger partial charge in [-0.25, -0.2) is 4.98 Å². The highest BCUT2D eigenvalue weighted by Crippen LogP contribution is 2.18. The standard InChI is InChI=1S/C16H11N3O/c17-9-15-8-12(3-5-18-15)10-19-6-4-14-7-13(11-20)1-2-16(14)19/h1-8,11H,10H2. The van der Waals surface area contributed by atoms with E-state index in [1.54, 1.807) is 18.3 Å². The van der Waals surface area contributed by atoms with Crippen molar-refractivity contribution in [3.8, 4) is 6.07 Å². The Morgan fingerprint density at radius 1 is 1.25 bits per heavy atom. The third-order valence-electron chi connectivity index (χ3n) is 3.22. The van der Waals surface area contributed by atoms with E-state index in [0.717, 1.165) is 22.8 Å². The smallest absolute Gasteiger partial charge is 0.150 e. The van der Waals surface area contributed by atoms with E-state index >= 15 is 0 Å². The molecule has 0 atom stereocenters. The van der Waals surface area contributed by atoms with Gasteiger partial charge in [-0.05, 0) is 42.0 Å². The number of nitriles is 1. The Kier molecular flexibility index (Phi) is 3.02. The van der Waals surface area contributed by atoms with Crippen LogP contribution in [0.5, 0.6) is 0 Å². The van der Waals surface area contributed by atoms with E-state index in [0.29, 0.717) is 17.8 Å². The van der Waals surface area contributed by atoms with Gasteiger partial charge in [0.2, 0.25) is 0 Å². The highest BCUT2D eigenvalue weighted by molar-refractivity contribution is 5.87. The zero-order valence-corrected chi connectivity index (χ0v) is 10.7. The third-order valence-corrected chi connectivity index (χ3v) is 3.22. The lowest BCUT2D eigenvalue weighted by Gasteiger charge is -2.06. The van der Waals surface area contributed by atoms with Crippen LogP contribution in [-0.4, -0.2) is 15.8 Å². The maximum atomic E-state index is 10.8. The third kappa shape index (κ3) is 2.17. The molecule has 4 heteroatoms. The molecule has 0 saturated heterocycles. The van der Waals surface area contributed by atoms with Crippen LogP contribution in [0.25, 0.3) is 10.9 Å². The summed E-state index contributed by atoms with van der Waals surface area (Å²) in [5.41, 5.74) is 3.17. The van der Waals surface area contributed by atoms with Crippen molar-refractivity contribution in [2.45, 2.75) is 6.54 Å². The largest absolute Gasteiger partial charge is 0.343 e. The van der Waals surface area contributed by atoms with Gasteiger partial charge >= 0.3 is 0 Å². The van der Waals surface area contributed by atoms with Gasteiger partial charge in [0.05, 0.1) is 0 Å². The molecule has 0 aliphatic heterocycles. The molecule has 0 radical (unpaired) electrons. The summed E-state index contributed by atoms with van der Waals surface area (Å²) in [6.07, 6.45) is 4.47. The van der Waals surface area contributed by atoms with Gasteiger partial charge in [-0.1, -0.05) is 0 Å². The summed E-state index contributed by atoms with van der Waals surface area (Å²) < 4.78 is 2.08. The van der Waals surface area contributed by atoms with E-state index in [-0.39, 0.29) is 0 Å². The van der Waals surface area contributed by atoms with Gasteiger partial charge < -0.3 is 4.57 Å². The minimum atomic E-state index is 0.419. The number of fused-ring (bicyclic) bond motifs is 1. The van der Waals surface area contributed by atoms with E-state index in [2.05, 4.69) is 9.55 Å². The Bertz CT molecular complexity index is 827. The second kappa shape index (κ2) is 4.98. The predicted molar refractivity (Wildman–Crippen MR) is 75.4 cm³/mol. The average Bonchev–Trinajstić information content (AvgIpc) is 2.89. The first-order valence-electron chi connectivity index (χ1n) is 6.19.